The van der Waals surface area contributed by atoms with Crippen LogP contribution in [0.15, 0.2) is 114 Å². The van der Waals surface area contributed by atoms with E-state index in [1.54, 1.807) is 18.3 Å². The van der Waals surface area contributed by atoms with E-state index < -0.39 is 0 Å². The van der Waals surface area contributed by atoms with Gasteiger partial charge < -0.3 is 4.74 Å². The first kappa shape index (κ1) is 20.1. The summed E-state index contributed by atoms with van der Waals surface area (Å²) < 4.78 is 5.83. The standard InChI is InChI=1S/C27H22N2O2/c30-27(25-16-14-24(15-17-25)23-11-5-2-6-12-23)29-28-19-22-10-7-13-26(18-22)31-20-21-8-3-1-4-9-21/h1-19H,20H2,(H,29,30). The van der Waals surface area contributed by atoms with Crippen molar-refractivity contribution in [1.29, 1.82) is 0 Å². The van der Waals surface area contributed by atoms with Gasteiger partial charge in [0.2, 0.25) is 0 Å². The predicted octanol–water partition coefficient (Wildman–Crippen LogP) is 5.70. The summed E-state index contributed by atoms with van der Waals surface area (Å²) >= 11 is 0. The maximum atomic E-state index is 12.4. The van der Waals surface area contributed by atoms with Gasteiger partial charge in [-0.15, -0.1) is 0 Å². The second-order valence-electron chi connectivity index (χ2n) is 6.99. The van der Waals surface area contributed by atoms with Crippen molar-refractivity contribution in [2.75, 3.05) is 0 Å². The Labute approximate surface area is 181 Å². The summed E-state index contributed by atoms with van der Waals surface area (Å²) in [5.74, 6) is 0.489. The normalized spacial score (nSPS) is 10.7. The highest BCUT2D eigenvalue weighted by molar-refractivity contribution is 5.95. The Morgan fingerprint density at radius 3 is 2.19 bits per heavy atom. The minimum absolute atomic E-state index is 0.257. The van der Waals surface area contributed by atoms with Crippen molar-refractivity contribution in [3.8, 4) is 16.9 Å². The molecule has 0 aliphatic carbocycles. The number of carbonyl (C=O) groups is 1. The van der Waals surface area contributed by atoms with Gasteiger partial charge in [0, 0.05) is 5.56 Å². The van der Waals surface area contributed by atoms with E-state index in [2.05, 4.69) is 10.5 Å². The third kappa shape index (κ3) is 5.67. The summed E-state index contributed by atoms with van der Waals surface area (Å²) in [5.41, 5.74) is 7.24. The maximum Gasteiger partial charge on any atom is 0.271 e. The third-order valence-electron chi connectivity index (χ3n) is 4.74. The molecular weight excluding hydrogens is 384 g/mol. The van der Waals surface area contributed by atoms with Crippen LogP contribution in [0.1, 0.15) is 21.5 Å². The number of hydrogen-bond donors (Lipinski definition) is 1. The van der Waals surface area contributed by atoms with Gasteiger partial charge in [0.25, 0.3) is 5.91 Å². The number of ether oxygens (including phenoxy) is 1. The SMILES string of the molecule is O=C(NN=Cc1cccc(OCc2ccccc2)c1)c1ccc(-c2ccccc2)cc1. The van der Waals surface area contributed by atoms with Gasteiger partial charge in [-0.25, -0.2) is 5.43 Å². The summed E-state index contributed by atoms with van der Waals surface area (Å²) in [6, 6.07) is 35.1. The zero-order chi connectivity index (χ0) is 21.3. The van der Waals surface area contributed by atoms with Gasteiger partial charge in [-0.1, -0.05) is 84.9 Å². The smallest absolute Gasteiger partial charge is 0.271 e. The zero-order valence-electron chi connectivity index (χ0n) is 16.9. The van der Waals surface area contributed by atoms with Crippen LogP contribution in [-0.4, -0.2) is 12.1 Å². The van der Waals surface area contributed by atoms with Gasteiger partial charge in [0.05, 0.1) is 6.21 Å². The van der Waals surface area contributed by atoms with E-state index in [1.165, 1.54) is 0 Å². The minimum Gasteiger partial charge on any atom is -0.489 e. The van der Waals surface area contributed by atoms with Crippen LogP contribution in [0, 0.1) is 0 Å². The number of amides is 1. The summed E-state index contributed by atoms with van der Waals surface area (Å²) in [6.07, 6.45) is 1.60. The lowest BCUT2D eigenvalue weighted by Crippen LogP contribution is -2.17. The van der Waals surface area contributed by atoms with E-state index in [-0.39, 0.29) is 5.91 Å². The van der Waals surface area contributed by atoms with Crippen molar-refractivity contribution in [3.05, 3.63) is 126 Å². The molecule has 0 aliphatic rings. The van der Waals surface area contributed by atoms with Gasteiger partial charge in [-0.05, 0) is 46.5 Å². The molecule has 0 unspecified atom stereocenters. The molecule has 31 heavy (non-hydrogen) atoms. The quantitative estimate of drug-likeness (QED) is 0.316. The monoisotopic (exact) mass is 406 g/mol. The van der Waals surface area contributed by atoms with Crippen LogP contribution in [0.4, 0.5) is 0 Å². The molecule has 4 aromatic rings. The maximum absolute atomic E-state index is 12.4. The molecule has 0 fully saturated rings. The number of nitrogens with zero attached hydrogens (tertiary/aromatic N) is 1. The molecule has 4 rings (SSSR count). The molecule has 0 saturated carbocycles. The van der Waals surface area contributed by atoms with E-state index in [0.29, 0.717) is 12.2 Å². The molecule has 4 aromatic carbocycles. The Kier molecular flexibility index (Phi) is 6.51. The second kappa shape index (κ2) is 10.0. The van der Waals surface area contributed by atoms with Crippen LogP contribution < -0.4 is 10.2 Å². The molecular formula is C27H22N2O2. The molecule has 0 spiro atoms. The van der Waals surface area contributed by atoms with Crippen molar-refractivity contribution in [2.45, 2.75) is 6.61 Å². The fourth-order valence-corrected chi connectivity index (χ4v) is 3.10. The Hall–Kier alpha value is -4.18. The van der Waals surface area contributed by atoms with E-state index in [0.717, 1.165) is 28.0 Å². The molecule has 0 heterocycles. The average molecular weight is 406 g/mol. The molecule has 0 atom stereocenters. The summed E-state index contributed by atoms with van der Waals surface area (Å²) in [4.78, 5) is 12.4. The number of rotatable bonds is 7. The van der Waals surface area contributed by atoms with Gasteiger partial charge >= 0.3 is 0 Å². The van der Waals surface area contributed by atoms with Crippen molar-refractivity contribution in [1.82, 2.24) is 5.43 Å². The van der Waals surface area contributed by atoms with E-state index in [4.69, 9.17) is 4.74 Å². The van der Waals surface area contributed by atoms with Crippen LogP contribution in [0.3, 0.4) is 0 Å². The van der Waals surface area contributed by atoms with Crippen LogP contribution in [0.5, 0.6) is 5.75 Å². The summed E-state index contributed by atoms with van der Waals surface area (Å²) in [6.45, 7) is 0.497. The van der Waals surface area contributed by atoms with E-state index in [9.17, 15) is 4.79 Å². The van der Waals surface area contributed by atoms with Crippen molar-refractivity contribution in [2.24, 2.45) is 5.10 Å². The minimum atomic E-state index is -0.257. The first-order valence-corrected chi connectivity index (χ1v) is 10.0. The van der Waals surface area contributed by atoms with Crippen LogP contribution in [-0.2, 0) is 6.61 Å². The molecule has 4 nitrogen and oxygen atoms in total. The summed E-state index contributed by atoms with van der Waals surface area (Å²) in [7, 11) is 0. The molecule has 0 aliphatic heterocycles. The Balaban J connectivity index is 1.33. The highest BCUT2D eigenvalue weighted by Gasteiger charge is 2.05. The third-order valence-corrected chi connectivity index (χ3v) is 4.74. The number of nitrogens with one attached hydrogen (secondary N) is 1. The molecule has 0 bridgehead atoms. The first-order valence-electron chi connectivity index (χ1n) is 10.0. The number of benzene rings is 4. The second-order valence-corrected chi connectivity index (χ2v) is 6.99. The Morgan fingerprint density at radius 2 is 1.45 bits per heavy atom. The van der Waals surface area contributed by atoms with Gasteiger partial charge in [-0.3, -0.25) is 4.79 Å². The van der Waals surface area contributed by atoms with Crippen LogP contribution in [0.25, 0.3) is 11.1 Å². The summed E-state index contributed by atoms with van der Waals surface area (Å²) in [5, 5.41) is 4.08. The molecule has 152 valence electrons. The van der Waals surface area contributed by atoms with Crippen LogP contribution in [0.2, 0.25) is 0 Å². The lowest BCUT2D eigenvalue weighted by atomic mass is 10.0. The van der Waals surface area contributed by atoms with Gasteiger partial charge in [-0.2, -0.15) is 5.10 Å². The molecule has 0 aromatic heterocycles. The predicted molar refractivity (Wildman–Crippen MR) is 124 cm³/mol. The van der Waals surface area contributed by atoms with Crippen molar-refractivity contribution < 1.29 is 9.53 Å². The van der Waals surface area contributed by atoms with Gasteiger partial charge in [0.1, 0.15) is 12.4 Å². The lowest BCUT2D eigenvalue weighted by molar-refractivity contribution is 0.0955. The highest BCUT2D eigenvalue weighted by Crippen LogP contribution is 2.19. The number of carbonyl (C=O) groups excluding carboxylic acids is 1. The molecule has 0 radical (unpaired) electrons. The Morgan fingerprint density at radius 1 is 0.774 bits per heavy atom. The first-order chi connectivity index (χ1) is 15.3. The largest absolute Gasteiger partial charge is 0.489 e. The topological polar surface area (TPSA) is 50.7 Å². The fourth-order valence-electron chi connectivity index (χ4n) is 3.10. The molecule has 1 N–H and O–H groups in total. The van der Waals surface area contributed by atoms with Gasteiger partial charge in [0.15, 0.2) is 0 Å². The lowest BCUT2D eigenvalue weighted by Gasteiger charge is -2.07. The van der Waals surface area contributed by atoms with E-state index >= 15 is 0 Å². The number of hydrogen-bond acceptors (Lipinski definition) is 3. The molecule has 0 saturated heterocycles. The zero-order valence-corrected chi connectivity index (χ0v) is 16.9. The van der Waals surface area contributed by atoms with Crippen molar-refractivity contribution >= 4 is 12.1 Å². The fraction of sp³-hybridized carbons (Fsp3) is 0.0370. The molecule has 1 amide bonds. The Bertz CT molecular complexity index is 1150. The average Bonchev–Trinajstić information content (AvgIpc) is 2.84. The highest BCUT2D eigenvalue weighted by atomic mass is 16.5. The van der Waals surface area contributed by atoms with E-state index in [1.807, 2.05) is 97.1 Å². The van der Waals surface area contributed by atoms with Crippen LogP contribution >= 0.6 is 0 Å². The van der Waals surface area contributed by atoms with Crippen molar-refractivity contribution in [3.63, 3.8) is 0 Å². The number of hydrazone groups is 1. The molecule has 4 heteroatoms.